The Morgan fingerprint density at radius 3 is 2.54 bits per heavy atom. The second kappa shape index (κ2) is 7.20. The fraction of sp³-hybridized carbons (Fsp3) is 0.318. The number of fused-ring (bicyclic) bond motifs is 1. The molecule has 1 saturated heterocycles. The maximum atomic E-state index is 13.1. The highest BCUT2D eigenvalue weighted by Gasteiger charge is 2.39. The van der Waals surface area contributed by atoms with Crippen LogP contribution < -0.4 is 9.64 Å². The second-order valence-electron chi connectivity index (χ2n) is 7.73. The molecule has 2 heterocycles. The maximum absolute atomic E-state index is 13.1. The van der Waals surface area contributed by atoms with Crippen LogP contribution in [0.5, 0.6) is 5.75 Å². The topological polar surface area (TPSA) is 58.6 Å². The number of ether oxygens (including phenoxy) is 1. The fourth-order valence-corrected chi connectivity index (χ4v) is 4.03. The Bertz CT molecular complexity index is 996. The first-order valence-corrected chi connectivity index (χ1v) is 9.36. The Balaban J connectivity index is 1.57. The number of methoxy groups -OCH3 is 1. The van der Waals surface area contributed by atoms with E-state index in [1.807, 2.05) is 41.3 Å². The van der Waals surface area contributed by atoms with Crippen LogP contribution in [-0.2, 0) is 11.3 Å². The molecule has 1 aliphatic heterocycles. The van der Waals surface area contributed by atoms with Gasteiger partial charge in [0.05, 0.1) is 30.2 Å². The second-order valence-corrected chi connectivity index (χ2v) is 7.73. The van der Waals surface area contributed by atoms with Gasteiger partial charge in [-0.3, -0.25) is 19.7 Å². The van der Waals surface area contributed by atoms with Crippen molar-refractivity contribution in [2.75, 3.05) is 25.1 Å². The van der Waals surface area contributed by atoms with Crippen molar-refractivity contribution in [3.8, 4) is 5.75 Å². The molecule has 0 spiro atoms. The van der Waals surface area contributed by atoms with Crippen molar-refractivity contribution >= 4 is 22.6 Å². The molecule has 0 radical (unpaired) electrons. The molecular weight excluding hydrogens is 352 g/mol. The summed E-state index contributed by atoms with van der Waals surface area (Å²) < 4.78 is 5.23. The smallest absolute Gasteiger partial charge is 0.241 e. The first-order valence-electron chi connectivity index (χ1n) is 9.36. The Morgan fingerprint density at radius 2 is 1.82 bits per heavy atom. The maximum Gasteiger partial charge on any atom is 0.241 e. The lowest BCUT2D eigenvalue weighted by atomic mass is 9.96. The Morgan fingerprint density at radius 1 is 1.07 bits per heavy atom. The van der Waals surface area contributed by atoms with Crippen LogP contribution in [0.25, 0.3) is 11.0 Å². The summed E-state index contributed by atoms with van der Waals surface area (Å²) in [5.41, 5.74) is 3.43. The number of carbonyl (C=O) groups excluding carboxylic acids is 1. The minimum Gasteiger partial charge on any atom is -0.497 e. The molecule has 3 aromatic rings. The van der Waals surface area contributed by atoms with E-state index in [9.17, 15) is 4.79 Å². The number of carbonyl (C=O) groups is 1. The van der Waals surface area contributed by atoms with Crippen LogP contribution in [0.3, 0.4) is 0 Å². The predicted molar refractivity (Wildman–Crippen MR) is 109 cm³/mol. The average molecular weight is 376 g/mol. The van der Waals surface area contributed by atoms with Gasteiger partial charge in [0.25, 0.3) is 0 Å². The zero-order valence-electron chi connectivity index (χ0n) is 16.4. The van der Waals surface area contributed by atoms with Gasteiger partial charge in [-0.25, -0.2) is 0 Å². The van der Waals surface area contributed by atoms with E-state index >= 15 is 0 Å². The van der Waals surface area contributed by atoms with Crippen molar-refractivity contribution in [1.29, 1.82) is 0 Å². The Labute approximate surface area is 164 Å². The van der Waals surface area contributed by atoms with E-state index in [0.717, 1.165) is 34.6 Å². The third kappa shape index (κ3) is 3.43. The standard InChI is InChI=1S/C22H24N4O2/c1-22(2)15-25(13-16-5-4-6-19-21(16)24-12-11-23-19)14-20(27)26(22)17-7-9-18(28-3)10-8-17/h4-12H,13-15H2,1-3H3. The quantitative estimate of drug-likeness (QED) is 0.699. The summed E-state index contributed by atoms with van der Waals surface area (Å²) in [7, 11) is 1.64. The molecule has 6 heteroatoms. The number of anilines is 1. The van der Waals surface area contributed by atoms with Crippen LogP contribution in [0.15, 0.2) is 54.9 Å². The van der Waals surface area contributed by atoms with Crippen molar-refractivity contribution in [2.45, 2.75) is 25.9 Å². The zero-order valence-corrected chi connectivity index (χ0v) is 16.4. The van der Waals surface area contributed by atoms with Gasteiger partial charge in [0.15, 0.2) is 0 Å². The summed E-state index contributed by atoms with van der Waals surface area (Å²) in [6, 6.07) is 13.7. The molecule has 1 fully saturated rings. The molecule has 0 aliphatic carbocycles. The monoisotopic (exact) mass is 376 g/mol. The largest absolute Gasteiger partial charge is 0.497 e. The summed E-state index contributed by atoms with van der Waals surface area (Å²) in [6.07, 6.45) is 3.41. The van der Waals surface area contributed by atoms with Gasteiger partial charge in [-0.05, 0) is 49.7 Å². The molecule has 1 amide bonds. The molecule has 0 unspecified atom stereocenters. The molecule has 4 rings (SSSR count). The van der Waals surface area contributed by atoms with Crippen molar-refractivity contribution < 1.29 is 9.53 Å². The molecule has 1 aliphatic rings. The first-order chi connectivity index (χ1) is 13.5. The van der Waals surface area contributed by atoms with Crippen LogP contribution in [0.4, 0.5) is 5.69 Å². The van der Waals surface area contributed by atoms with Crippen molar-refractivity contribution in [3.05, 3.63) is 60.4 Å². The highest BCUT2D eigenvalue weighted by Crippen LogP contribution is 2.31. The lowest BCUT2D eigenvalue weighted by Gasteiger charge is -2.46. The fourth-order valence-electron chi connectivity index (χ4n) is 4.03. The lowest BCUT2D eigenvalue weighted by molar-refractivity contribution is -0.123. The molecule has 28 heavy (non-hydrogen) atoms. The summed E-state index contributed by atoms with van der Waals surface area (Å²) in [4.78, 5) is 26.0. The van der Waals surface area contributed by atoms with Crippen LogP contribution in [0.1, 0.15) is 19.4 Å². The summed E-state index contributed by atoms with van der Waals surface area (Å²) in [5, 5.41) is 0. The molecule has 6 nitrogen and oxygen atoms in total. The number of rotatable bonds is 4. The number of hydrogen-bond acceptors (Lipinski definition) is 5. The van der Waals surface area contributed by atoms with Crippen molar-refractivity contribution in [2.24, 2.45) is 0 Å². The van der Waals surface area contributed by atoms with Gasteiger partial charge in [0, 0.05) is 31.2 Å². The third-order valence-electron chi connectivity index (χ3n) is 5.13. The highest BCUT2D eigenvalue weighted by molar-refractivity contribution is 5.97. The summed E-state index contributed by atoms with van der Waals surface area (Å²) in [5.74, 6) is 0.873. The number of piperazine rings is 1. The van der Waals surface area contributed by atoms with E-state index in [1.54, 1.807) is 19.5 Å². The average Bonchev–Trinajstić information content (AvgIpc) is 2.68. The molecular formula is C22H24N4O2. The number of benzene rings is 2. The van der Waals surface area contributed by atoms with Gasteiger partial charge in [-0.2, -0.15) is 0 Å². The van der Waals surface area contributed by atoms with E-state index < -0.39 is 0 Å². The number of para-hydroxylation sites is 1. The Kier molecular flexibility index (Phi) is 4.73. The highest BCUT2D eigenvalue weighted by atomic mass is 16.5. The minimum absolute atomic E-state index is 0.0905. The molecule has 0 bridgehead atoms. The minimum atomic E-state index is -0.333. The SMILES string of the molecule is COc1ccc(N2C(=O)CN(Cc3cccc4nccnc34)CC2(C)C)cc1. The predicted octanol–water partition coefficient (Wildman–Crippen LogP) is 3.27. The van der Waals surface area contributed by atoms with Crippen LogP contribution in [-0.4, -0.2) is 46.5 Å². The van der Waals surface area contributed by atoms with Gasteiger partial charge >= 0.3 is 0 Å². The number of amides is 1. The van der Waals surface area contributed by atoms with Gasteiger partial charge in [0.1, 0.15) is 5.75 Å². The summed E-state index contributed by atoms with van der Waals surface area (Å²) in [6.45, 7) is 6.00. The number of hydrogen-bond donors (Lipinski definition) is 0. The van der Waals surface area contributed by atoms with E-state index in [-0.39, 0.29) is 11.4 Å². The van der Waals surface area contributed by atoms with Gasteiger partial charge in [-0.1, -0.05) is 12.1 Å². The first kappa shape index (κ1) is 18.4. The Hall–Kier alpha value is -2.99. The van der Waals surface area contributed by atoms with E-state index in [2.05, 4.69) is 34.8 Å². The van der Waals surface area contributed by atoms with Crippen molar-refractivity contribution in [3.63, 3.8) is 0 Å². The molecule has 0 atom stereocenters. The molecule has 1 aromatic heterocycles. The molecule has 144 valence electrons. The summed E-state index contributed by atoms with van der Waals surface area (Å²) >= 11 is 0. The van der Waals surface area contributed by atoms with Crippen LogP contribution in [0.2, 0.25) is 0 Å². The lowest BCUT2D eigenvalue weighted by Crippen LogP contribution is -2.62. The van der Waals surface area contributed by atoms with Crippen LogP contribution in [0, 0.1) is 0 Å². The van der Waals surface area contributed by atoms with Crippen molar-refractivity contribution in [1.82, 2.24) is 14.9 Å². The van der Waals surface area contributed by atoms with Gasteiger partial charge in [0.2, 0.25) is 5.91 Å². The number of aromatic nitrogens is 2. The molecule has 2 aromatic carbocycles. The third-order valence-corrected chi connectivity index (χ3v) is 5.13. The zero-order chi connectivity index (χ0) is 19.7. The van der Waals surface area contributed by atoms with E-state index in [4.69, 9.17) is 4.74 Å². The molecule has 0 N–H and O–H groups in total. The molecule has 0 saturated carbocycles. The van der Waals surface area contributed by atoms with Gasteiger partial charge < -0.3 is 9.64 Å². The van der Waals surface area contributed by atoms with Crippen LogP contribution >= 0.6 is 0 Å². The normalized spacial score (nSPS) is 17.1. The van der Waals surface area contributed by atoms with E-state index in [1.165, 1.54) is 0 Å². The van der Waals surface area contributed by atoms with Gasteiger partial charge in [-0.15, -0.1) is 0 Å². The number of nitrogens with zero attached hydrogens (tertiary/aromatic N) is 4. The van der Waals surface area contributed by atoms with E-state index in [0.29, 0.717) is 13.1 Å².